The third kappa shape index (κ3) is 1.51. The predicted octanol–water partition coefficient (Wildman–Crippen LogP) is 3.05. The molecule has 0 bridgehead atoms. The van der Waals surface area contributed by atoms with Gasteiger partial charge in [0.25, 0.3) is 0 Å². The molecule has 1 unspecified atom stereocenters. The van der Waals surface area contributed by atoms with Crippen LogP contribution >= 0.6 is 0 Å². The molecule has 1 heterocycles. The molecule has 1 saturated carbocycles. The molecule has 1 amide bonds. The summed E-state index contributed by atoms with van der Waals surface area (Å²) in [6.45, 7) is 0. The largest absolute Gasteiger partial charge is 0.326 e. The SMILES string of the molecule is O=C1CC(C2CCC2)c2cc(F)ccc2N1. The van der Waals surface area contributed by atoms with Crippen molar-refractivity contribution in [2.45, 2.75) is 31.6 Å². The second kappa shape index (κ2) is 3.58. The summed E-state index contributed by atoms with van der Waals surface area (Å²) in [7, 11) is 0. The van der Waals surface area contributed by atoms with Crippen LogP contribution in [0, 0.1) is 11.7 Å². The zero-order chi connectivity index (χ0) is 11.1. The average molecular weight is 219 g/mol. The highest BCUT2D eigenvalue weighted by Crippen LogP contribution is 2.45. The summed E-state index contributed by atoms with van der Waals surface area (Å²) in [5.41, 5.74) is 1.79. The van der Waals surface area contributed by atoms with E-state index in [2.05, 4.69) is 5.32 Å². The minimum Gasteiger partial charge on any atom is -0.326 e. The van der Waals surface area contributed by atoms with Gasteiger partial charge in [0, 0.05) is 12.1 Å². The molecule has 16 heavy (non-hydrogen) atoms. The molecule has 84 valence electrons. The molecule has 0 spiro atoms. The smallest absolute Gasteiger partial charge is 0.225 e. The number of carbonyl (C=O) groups excluding carboxylic acids is 1. The highest BCUT2D eigenvalue weighted by Gasteiger charge is 2.34. The molecule has 2 aliphatic rings. The van der Waals surface area contributed by atoms with Gasteiger partial charge in [0.05, 0.1) is 0 Å². The summed E-state index contributed by atoms with van der Waals surface area (Å²) in [4.78, 5) is 11.6. The van der Waals surface area contributed by atoms with Crippen LogP contribution in [-0.4, -0.2) is 5.91 Å². The van der Waals surface area contributed by atoms with Gasteiger partial charge in [0.1, 0.15) is 5.82 Å². The molecule has 1 aliphatic carbocycles. The molecule has 1 aromatic carbocycles. The molecule has 1 fully saturated rings. The Hall–Kier alpha value is -1.38. The van der Waals surface area contributed by atoms with Crippen molar-refractivity contribution < 1.29 is 9.18 Å². The van der Waals surface area contributed by atoms with Gasteiger partial charge < -0.3 is 5.32 Å². The number of amides is 1. The second-order valence-electron chi connectivity index (χ2n) is 4.78. The number of anilines is 1. The third-order valence-corrected chi connectivity index (χ3v) is 3.81. The lowest BCUT2D eigenvalue weighted by Crippen LogP contribution is -2.30. The lowest BCUT2D eigenvalue weighted by atomic mass is 9.70. The van der Waals surface area contributed by atoms with E-state index in [9.17, 15) is 9.18 Å². The molecule has 1 atom stereocenters. The fourth-order valence-electron chi connectivity index (χ4n) is 2.73. The van der Waals surface area contributed by atoms with Gasteiger partial charge in [0.15, 0.2) is 0 Å². The van der Waals surface area contributed by atoms with Crippen LogP contribution in [0.15, 0.2) is 18.2 Å². The Balaban J connectivity index is 2.01. The molecular weight excluding hydrogens is 205 g/mol. The van der Waals surface area contributed by atoms with Gasteiger partial charge in [0.2, 0.25) is 5.91 Å². The van der Waals surface area contributed by atoms with Gasteiger partial charge in [-0.25, -0.2) is 4.39 Å². The number of halogens is 1. The Morgan fingerprint density at radius 2 is 2.12 bits per heavy atom. The van der Waals surface area contributed by atoms with E-state index in [1.54, 1.807) is 12.1 Å². The van der Waals surface area contributed by atoms with Crippen molar-refractivity contribution in [3.05, 3.63) is 29.6 Å². The number of hydrogen-bond acceptors (Lipinski definition) is 1. The first kappa shape index (κ1) is 9.82. The highest BCUT2D eigenvalue weighted by molar-refractivity contribution is 5.94. The zero-order valence-corrected chi connectivity index (χ0v) is 9.00. The molecule has 0 aromatic heterocycles. The molecule has 1 aliphatic heterocycles. The Morgan fingerprint density at radius 1 is 1.31 bits per heavy atom. The Labute approximate surface area is 93.9 Å². The number of rotatable bonds is 1. The van der Waals surface area contributed by atoms with Crippen LogP contribution in [0.5, 0.6) is 0 Å². The maximum Gasteiger partial charge on any atom is 0.225 e. The Morgan fingerprint density at radius 3 is 2.81 bits per heavy atom. The van der Waals surface area contributed by atoms with Crippen molar-refractivity contribution in [3.8, 4) is 0 Å². The van der Waals surface area contributed by atoms with Gasteiger partial charge in [-0.05, 0) is 48.4 Å². The minimum absolute atomic E-state index is 0.0657. The first-order chi connectivity index (χ1) is 7.74. The molecule has 1 N–H and O–H groups in total. The van der Waals surface area contributed by atoms with E-state index in [-0.39, 0.29) is 17.6 Å². The first-order valence-corrected chi connectivity index (χ1v) is 5.83. The van der Waals surface area contributed by atoms with Gasteiger partial charge in [-0.1, -0.05) is 6.42 Å². The average Bonchev–Trinajstić information content (AvgIpc) is 2.16. The van der Waals surface area contributed by atoms with Crippen molar-refractivity contribution in [2.75, 3.05) is 5.32 Å². The van der Waals surface area contributed by atoms with E-state index in [1.165, 1.54) is 25.3 Å². The number of nitrogens with one attached hydrogen (secondary N) is 1. The normalized spacial score (nSPS) is 24.6. The number of fused-ring (bicyclic) bond motifs is 1. The van der Waals surface area contributed by atoms with Crippen molar-refractivity contribution in [1.82, 2.24) is 0 Å². The van der Waals surface area contributed by atoms with Crippen molar-refractivity contribution >= 4 is 11.6 Å². The van der Waals surface area contributed by atoms with Gasteiger partial charge in [-0.2, -0.15) is 0 Å². The lowest BCUT2D eigenvalue weighted by molar-refractivity contribution is -0.117. The van der Waals surface area contributed by atoms with Crippen LogP contribution in [0.25, 0.3) is 0 Å². The Kier molecular flexibility index (Phi) is 2.20. The molecule has 2 nitrogen and oxygen atoms in total. The molecule has 0 saturated heterocycles. The summed E-state index contributed by atoms with van der Waals surface area (Å²) in [5.74, 6) is 0.662. The van der Waals surface area contributed by atoms with E-state index in [1.807, 2.05) is 0 Å². The summed E-state index contributed by atoms with van der Waals surface area (Å²) in [6.07, 6.45) is 4.11. The van der Waals surface area contributed by atoms with Gasteiger partial charge >= 0.3 is 0 Å². The standard InChI is InChI=1S/C13H14FNO/c14-9-4-5-12-11(6-9)10(7-13(16)15-12)8-2-1-3-8/h4-6,8,10H,1-3,7H2,(H,15,16). The van der Waals surface area contributed by atoms with Crippen LogP contribution < -0.4 is 5.32 Å². The lowest BCUT2D eigenvalue weighted by Gasteiger charge is -2.37. The molecule has 3 heteroatoms. The number of carbonyl (C=O) groups is 1. The van der Waals surface area contributed by atoms with Crippen LogP contribution in [-0.2, 0) is 4.79 Å². The van der Waals surface area contributed by atoms with Crippen molar-refractivity contribution in [3.63, 3.8) is 0 Å². The minimum atomic E-state index is -0.209. The molecule has 3 rings (SSSR count). The maximum absolute atomic E-state index is 13.2. The topological polar surface area (TPSA) is 29.1 Å². The molecule has 0 radical (unpaired) electrons. The second-order valence-corrected chi connectivity index (χ2v) is 4.78. The van der Waals surface area contributed by atoms with E-state index in [0.717, 1.165) is 11.3 Å². The first-order valence-electron chi connectivity index (χ1n) is 5.83. The highest BCUT2D eigenvalue weighted by atomic mass is 19.1. The molecular formula is C13H14FNO. The van der Waals surface area contributed by atoms with Crippen LogP contribution in [0.2, 0.25) is 0 Å². The van der Waals surface area contributed by atoms with Crippen LogP contribution in [0.1, 0.15) is 37.2 Å². The summed E-state index contributed by atoms with van der Waals surface area (Å²) >= 11 is 0. The molecule has 1 aromatic rings. The Bertz CT molecular complexity index is 440. The van der Waals surface area contributed by atoms with E-state index < -0.39 is 0 Å². The van der Waals surface area contributed by atoms with E-state index in [0.29, 0.717) is 12.3 Å². The van der Waals surface area contributed by atoms with E-state index >= 15 is 0 Å². The quantitative estimate of drug-likeness (QED) is 0.772. The predicted molar refractivity (Wildman–Crippen MR) is 59.7 cm³/mol. The maximum atomic E-state index is 13.2. The number of benzene rings is 1. The summed E-state index contributed by atoms with van der Waals surface area (Å²) in [5, 5.41) is 2.81. The fourth-order valence-corrected chi connectivity index (χ4v) is 2.73. The summed E-state index contributed by atoms with van der Waals surface area (Å²) in [6, 6.07) is 4.66. The monoisotopic (exact) mass is 219 g/mol. The third-order valence-electron chi connectivity index (χ3n) is 3.81. The van der Waals surface area contributed by atoms with Crippen LogP contribution in [0.3, 0.4) is 0 Å². The van der Waals surface area contributed by atoms with Gasteiger partial charge in [-0.15, -0.1) is 0 Å². The summed E-state index contributed by atoms with van der Waals surface area (Å²) < 4.78 is 13.2. The zero-order valence-electron chi connectivity index (χ0n) is 9.00. The van der Waals surface area contributed by atoms with Crippen molar-refractivity contribution in [2.24, 2.45) is 5.92 Å². The van der Waals surface area contributed by atoms with Crippen LogP contribution in [0.4, 0.5) is 10.1 Å². The number of hydrogen-bond donors (Lipinski definition) is 1. The van der Waals surface area contributed by atoms with E-state index in [4.69, 9.17) is 0 Å². The fraction of sp³-hybridized carbons (Fsp3) is 0.462. The van der Waals surface area contributed by atoms with Gasteiger partial charge in [-0.3, -0.25) is 4.79 Å². The van der Waals surface area contributed by atoms with Crippen molar-refractivity contribution in [1.29, 1.82) is 0 Å².